The van der Waals surface area contributed by atoms with Crippen molar-refractivity contribution in [3.8, 4) is 17.2 Å². The fourth-order valence-corrected chi connectivity index (χ4v) is 2.64. The van der Waals surface area contributed by atoms with Crippen LogP contribution in [0.1, 0.15) is 28.4 Å². The Hall–Kier alpha value is -2.69. The van der Waals surface area contributed by atoms with E-state index in [1.807, 2.05) is 44.2 Å². The normalized spacial score (nSPS) is 10.3. The summed E-state index contributed by atoms with van der Waals surface area (Å²) in [5.41, 5.74) is 2.56. The van der Waals surface area contributed by atoms with Gasteiger partial charge in [0.25, 0.3) is 5.91 Å². The van der Waals surface area contributed by atoms with E-state index in [1.54, 1.807) is 32.2 Å². The summed E-state index contributed by atoms with van der Waals surface area (Å²) in [6.45, 7) is 4.96. The molecule has 5 nitrogen and oxygen atoms in total. The Labute approximate surface area is 149 Å². The van der Waals surface area contributed by atoms with Gasteiger partial charge < -0.3 is 19.1 Å². The topological polar surface area (TPSA) is 48.0 Å². The van der Waals surface area contributed by atoms with Crippen LogP contribution in [-0.4, -0.2) is 38.7 Å². The molecule has 2 rings (SSSR count). The molecule has 0 atom stereocenters. The smallest absolute Gasteiger partial charge is 0.253 e. The van der Waals surface area contributed by atoms with Crippen LogP contribution >= 0.6 is 0 Å². The quantitative estimate of drug-likeness (QED) is 0.769. The lowest BCUT2D eigenvalue weighted by atomic mass is 10.1. The number of ether oxygens (including phenoxy) is 3. The van der Waals surface area contributed by atoms with Crippen molar-refractivity contribution in [2.45, 2.75) is 20.4 Å². The number of nitrogens with zero attached hydrogens (tertiary/aromatic N) is 1. The van der Waals surface area contributed by atoms with Crippen LogP contribution in [0.2, 0.25) is 0 Å². The second kappa shape index (κ2) is 8.42. The minimum absolute atomic E-state index is 0.0408. The minimum atomic E-state index is -0.0408. The van der Waals surface area contributed by atoms with Crippen molar-refractivity contribution in [3.63, 3.8) is 0 Å². The maximum atomic E-state index is 12.7. The molecule has 0 unspecified atom stereocenters. The number of benzene rings is 2. The van der Waals surface area contributed by atoms with E-state index in [1.165, 1.54) is 0 Å². The van der Waals surface area contributed by atoms with Gasteiger partial charge in [-0.15, -0.1) is 0 Å². The zero-order valence-electron chi connectivity index (χ0n) is 15.5. The molecule has 0 N–H and O–H groups in total. The monoisotopic (exact) mass is 343 g/mol. The molecule has 0 aliphatic carbocycles. The Morgan fingerprint density at radius 1 is 1.00 bits per heavy atom. The summed E-state index contributed by atoms with van der Waals surface area (Å²) in [5, 5.41) is 0. The molecule has 0 aromatic heterocycles. The lowest BCUT2D eigenvalue weighted by molar-refractivity contribution is 0.0785. The number of aryl methyl sites for hydroxylation is 1. The van der Waals surface area contributed by atoms with Gasteiger partial charge in [-0.25, -0.2) is 0 Å². The maximum absolute atomic E-state index is 12.7. The van der Waals surface area contributed by atoms with Crippen LogP contribution in [0.3, 0.4) is 0 Å². The minimum Gasteiger partial charge on any atom is -0.494 e. The van der Waals surface area contributed by atoms with Gasteiger partial charge in [0.05, 0.1) is 20.8 Å². The summed E-state index contributed by atoms with van der Waals surface area (Å²) in [6, 6.07) is 11.1. The van der Waals surface area contributed by atoms with Gasteiger partial charge in [-0.2, -0.15) is 0 Å². The molecule has 134 valence electrons. The number of amides is 1. The molecule has 1 amide bonds. The summed E-state index contributed by atoms with van der Waals surface area (Å²) >= 11 is 0. The molecule has 2 aromatic rings. The Morgan fingerprint density at radius 2 is 1.68 bits per heavy atom. The average Bonchev–Trinajstić information content (AvgIpc) is 2.62. The molecule has 0 radical (unpaired) electrons. The Balaban J connectivity index is 2.13. The van der Waals surface area contributed by atoms with Crippen LogP contribution in [0.15, 0.2) is 36.4 Å². The Bertz CT molecular complexity index is 742. The molecule has 0 fully saturated rings. The highest BCUT2D eigenvalue weighted by atomic mass is 16.5. The van der Waals surface area contributed by atoms with Crippen LogP contribution < -0.4 is 14.2 Å². The van der Waals surface area contributed by atoms with Crippen molar-refractivity contribution in [3.05, 3.63) is 53.1 Å². The zero-order valence-corrected chi connectivity index (χ0v) is 15.5. The van der Waals surface area contributed by atoms with E-state index in [4.69, 9.17) is 14.2 Å². The van der Waals surface area contributed by atoms with Crippen LogP contribution in [-0.2, 0) is 6.54 Å². The first kappa shape index (κ1) is 18.6. The van der Waals surface area contributed by atoms with Crippen LogP contribution in [0, 0.1) is 6.92 Å². The standard InChI is InChI=1S/C20H25NO4/c1-6-25-17-10-8-16(11-14(17)2)20(22)21(3)13-15-7-9-18(23-4)19(12-15)24-5/h7-12H,6,13H2,1-5H3. The van der Waals surface area contributed by atoms with E-state index in [2.05, 4.69) is 0 Å². The molecule has 5 heteroatoms. The number of rotatable bonds is 7. The van der Waals surface area contributed by atoms with E-state index in [-0.39, 0.29) is 5.91 Å². The van der Waals surface area contributed by atoms with E-state index >= 15 is 0 Å². The van der Waals surface area contributed by atoms with Crippen LogP contribution in [0.5, 0.6) is 17.2 Å². The molecule has 0 spiro atoms. The number of carbonyl (C=O) groups excluding carboxylic acids is 1. The van der Waals surface area contributed by atoms with E-state index in [9.17, 15) is 4.79 Å². The molecule has 0 heterocycles. The van der Waals surface area contributed by atoms with Crippen molar-refractivity contribution in [1.82, 2.24) is 4.90 Å². The molecule has 0 saturated heterocycles. The third-order valence-corrected chi connectivity index (χ3v) is 3.94. The van der Waals surface area contributed by atoms with Gasteiger partial charge in [0.15, 0.2) is 11.5 Å². The number of methoxy groups -OCH3 is 2. The number of hydrogen-bond donors (Lipinski definition) is 0. The largest absolute Gasteiger partial charge is 0.494 e. The van der Waals surface area contributed by atoms with Gasteiger partial charge in [0.1, 0.15) is 5.75 Å². The second-order valence-electron chi connectivity index (χ2n) is 5.76. The van der Waals surface area contributed by atoms with E-state index < -0.39 is 0 Å². The number of hydrogen-bond acceptors (Lipinski definition) is 4. The molecular weight excluding hydrogens is 318 g/mol. The van der Waals surface area contributed by atoms with Crippen LogP contribution in [0.25, 0.3) is 0 Å². The summed E-state index contributed by atoms with van der Waals surface area (Å²) in [7, 11) is 4.98. The number of carbonyl (C=O) groups is 1. The Morgan fingerprint density at radius 3 is 2.28 bits per heavy atom. The van der Waals surface area contributed by atoms with Gasteiger partial charge in [0, 0.05) is 19.2 Å². The second-order valence-corrected chi connectivity index (χ2v) is 5.76. The predicted molar refractivity (Wildman–Crippen MR) is 97.7 cm³/mol. The average molecular weight is 343 g/mol. The van der Waals surface area contributed by atoms with Crippen molar-refractivity contribution in [1.29, 1.82) is 0 Å². The molecule has 0 bridgehead atoms. The summed E-state index contributed by atoms with van der Waals surface area (Å²) in [6.07, 6.45) is 0. The molecule has 0 aliphatic rings. The fraction of sp³-hybridized carbons (Fsp3) is 0.350. The fourth-order valence-electron chi connectivity index (χ4n) is 2.64. The first-order valence-electron chi connectivity index (χ1n) is 8.20. The SMILES string of the molecule is CCOc1ccc(C(=O)N(C)Cc2ccc(OC)c(OC)c2)cc1C. The third kappa shape index (κ3) is 4.44. The lowest BCUT2D eigenvalue weighted by Crippen LogP contribution is -2.26. The zero-order chi connectivity index (χ0) is 18.4. The highest BCUT2D eigenvalue weighted by Crippen LogP contribution is 2.28. The summed E-state index contributed by atoms with van der Waals surface area (Å²) < 4.78 is 16.1. The highest BCUT2D eigenvalue weighted by molar-refractivity contribution is 5.94. The van der Waals surface area contributed by atoms with Crippen molar-refractivity contribution < 1.29 is 19.0 Å². The highest BCUT2D eigenvalue weighted by Gasteiger charge is 2.14. The summed E-state index contributed by atoms with van der Waals surface area (Å²) in [4.78, 5) is 14.4. The maximum Gasteiger partial charge on any atom is 0.253 e. The first-order valence-corrected chi connectivity index (χ1v) is 8.20. The van der Waals surface area contributed by atoms with Gasteiger partial charge in [-0.05, 0) is 55.3 Å². The van der Waals surface area contributed by atoms with Crippen LogP contribution in [0.4, 0.5) is 0 Å². The molecular formula is C20H25NO4. The van der Waals surface area contributed by atoms with Gasteiger partial charge in [-0.1, -0.05) is 6.07 Å². The van der Waals surface area contributed by atoms with E-state index in [0.29, 0.717) is 30.2 Å². The van der Waals surface area contributed by atoms with Crippen molar-refractivity contribution in [2.75, 3.05) is 27.9 Å². The van der Waals surface area contributed by atoms with E-state index in [0.717, 1.165) is 16.9 Å². The van der Waals surface area contributed by atoms with Gasteiger partial charge in [-0.3, -0.25) is 4.79 Å². The van der Waals surface area contributed by atoms with Crippen molar-refractivity contribution >= 4 is 5.91 Å². The third-order valence-electron chi connectivity index (χ3n) is 3.94. The molecule has 0 aliphatic heterocycles. The summed E-state index contributed by atoms with van der Waals surface area (Å²) in [5.74, 6) is 2.09. The first-order chi connectivity index (χ1) is 12.0. The molecule has 2 aromatic carbocycles. The molecule has 0 saturated carbocycles. The van der Waals surface area contributed by atoms with Crippen molar-refractivity contribution in [2.24, 2.45) is 0 Å². The van der Waals surface area contributed by atoms with Gasteiger partial charge in [0.2, 0.25) is 0 Å². The molecule has 25 heavy (non-hydrogen) atoms. The predicted octanol–water partition coefficient (Wildman–Crippen LogP) is 3.68. The van der Waals surface area contributed by atoms with Gasteiger partial charge >= 0.3 is 0 Å². The Kier molecular flexibility index (Phi) is 6.28. The lowest BCUT2D eigenvalue weighted by Gasteiger charge is -2.19.